The number of hydrogen-bond acceptors (Lipinski definition) is 2. The van der Waals surface area contributed by atoms with Gasteiger partial charge in [0.2, 0.25) is 0 Å². The fourth-order valence-corrected chi connectivity index (χ4v) is 1.03. The van der Waals surface area contributed by atoms with Gasteiger partial charge in [0.25, 0.3) is 0 Å². The van der Waals surface area contributed by atoms with E-state index in [0.29, 0.717) is 12.2 Å². The monoisotopic (exact) mass is 187 g/mol. The van der Waals surface area contributed by atoms with Crippen molar-refractivity contribution in [1.29, 1.82) is 5.26 Å². The van der Waals surface area contributed by atoms with Crippen LogP contribution in [0.25, 0.3) is 0 Å². The van der Waals surface area contributed by atoms with E-state index >= 15 is 0 Å². The quantitative estimate of drug-likeness (QED) is 0.682. The van der Waals surface area contributed by atoms with E-state index in [0.717, 1.165) is 16.9 Å². The number of nitriles is 1. The van der Waals surface area contributed by atoms with Crippen LogP contribution in [0.5, 0.6) is 5.75 Å². The molecule has 1 rings (SSSR count). The summed E-state index contributed by atoms with van der Waals surface area (Å²) < 4.78 is 5.49. The summed E-state index contributed by atoms with van der Waals surface area (Å²) in [5.41, 5.74) is 2.62. The highest BCUT2D eigenvalue weighted by molar-refractivity contribution is 5.41. The van der Waals surface area contributed by atoms with Crippen LogP contribution in [0.2, 0.25) is 0 Å². The molecule has 14 heavy (non-hydrogen) atoms. The molecule has 0 aliphatic heterocycles. The van der Waals surface area contributed by atoms with E-state index in [4.69, 9.17) is 10.00 Å². The molecule has 0 aromatic heterocycles. The van der Waals surface area contributed by atoms with Gasteiger partial charge in [-0.05, 0) is 37.1 Å². The van der Waals surface area contributed by atoms with Gasteiger partial charge in [0, 0.05) is 0 Å². The first kappa shape index (κ1) is 10.3. The molecule has 0 N–H and O–H groups in total. The molecular formula is C12H13NO. The largest absolute Gasteiger partial charge is 0.489 e. The number of rotatable bonds is 3. The van der Waals surface area contributed by atoms with Crippen LogP contribution in [-0.4, -0.2) is 6.61 Å². The zero-order valence-corrected chi connectivity index (χ0v) is 8.50. The van der Waals surface area contributed by atoms with E-state index in [-0.39, 0.29) is 0 Å². The normalized spacial score (nSPS) is 9.21. The average Bonchev–Trinajstić information content (AvgIpc) is 2.16. The van der Waals surface area contributed by atoms with Crippen LogP contribution in [0.1, 0.15) is 18.1 Å². The summed E-state index contributed by atoms with van der Waals surface area (Å²) in [6.07, 6.45) is 0. The molecule has 0 radical (unpaired) electrons. The van der Waals surface area contributed by atoms with Crippen molar-refractivity contribution in [3.63, 3.8) is 0 Å². The van der Waals surface area contributed by atoms with Crippen molar-refractivity contribution in [2.75, 3.05) is 6.61 Å². The van der Waals surface area contributed by atoms with Crippen molar-refractivity contribution < 1.29 is 4.74 Å². The van der Waals surface area contributed by atoms with Crippen LogP contribution in [0.3, 0.4) is 0 Å². The molecule has 1 aromatic rings. The first-order valence-corrected chi connectivity index (χ1v) is 4.41. The lowest BCUT2D eigenvalue weighted by Gasteiger charge is -2.08. The molecule has 0 atom stereocenters. The lowest BCUT2D eigenvalue weighted by molar-refractivity contribution is 0.350. The molecule has 0 aliphatic rings. The molecule has 0 fully saturated rings. The predicted molar refractivity (Wildman–Crippen MR) is 56.2 cm³/mol. The first-order valence-electron chi connectivity index (χ1n) is 4.41. The summed E-state index contributed by atoms with van der Waals surface area (Å²) in [5, 5.41) is 8.71. The van der Waals surface area contributed by atoms with Gasteiger partial charge in [0.1, 0.15) is 12.4 Å². The Kier molecular flexibility index (Phi) is 3.30. The van der Waals surface area contributed by atoms with E-state index in [9.17, 15) is 0 Å². The second-order valence-corrected chi connectivity index (χ2v) is 3.34. The average molecular weight is 187 g/mol. The number of benzene rings is 1. The van der Waals surface area contributed by atoms with Crippen LogP contribution < -0.4 is 4.74 Å². The van der Waals surface area contributed by atoms with E-state index < -0.39 is 0 Å². The van der Waals surface area contributed by atoms with Gasteiger partial charge < -0.3 is 4.74 Å². The smallest absolute Gasteiger partial charge is 0.124 e. The van der Waals surface area contributed by atoms with Crippen molar-refractivity contribution in [3.8, 4) is 11.8 Å². The Morgan fingerprint density at radius 3 is 2.86 bits per heavy atom. The fourth-order valence-electron chi connectivity index (χ4n) is 1.03. The van der Waals surface area contributed by atoms with Crippen molar-refractivity contribution in [1.82, 2.24) is 0 Å². The Morgan fingerprint density at radius 1 is 1.57 bits per heavy atom. The van der Waals surface area contributed by atoms with E-state index in [1.807, 2.05) is 19.9 Å². The first-order chi connectivity index (χ1) is 6.63. The Hall–Kier alpha value is -1.75. The number of nitrogens with zero attached hydrogens (tertiary/aromatic N) is 1. The number of hydrogen-bond donors (Lipinski definition) is 0. The summed E-state index contributed by atoms with van der Waals surface area (Å²) in [6.45, 7) is 8.11. The highest BCUT2D eigenvalue weighted by atomic mass is 16.5. The molecule has 0 unspecified atom stereocenters. The van der Waals surface area contributed by atoms with Gasteiger partial charge in [-0.1, -0.05) is 12.6 Å². The Balaban J connectivity index is 2.85. The molecule has 72 valence electrons. The van der Waals surface area contributed by atoms with Crippen LogP contribution >= 0.6 is 0 Å². The van der Waals surface area contributed by atoms with Gasteiger partial charge in [-0.3, -0.25) is 0 Å². The summed E-state index contributed by atoms with van der Waals surface area (Å²) in [6, 6.07) is 7.49. The van der Waals surface area contributed by atoms with Crippen molar-refractivity contribution >= 4 is 0 Å². The summed E-state index contributed by atoms with van der Waals surface area (Å²) in [7, 11) is 0. The molecule has 0 saturated carbocycles. The molecule has 0 aliphatic carbocycles. The zero-order valence-electron chi connectivity index (χ0n) is 8.50. The SMILES string of the molecule is C=C(C)COc1cc(C#N)ccc1C. The molecule has 2 nitrogen and oxygen atoms in total. The van der Waals surface area contributed by atoms with Gasteiger partial charge in [0.15, 0.2) is 0 Å². The molecule has 0 amide bonds. The minimum Gasteiger partial charge on any atom is -0.489 e. The Labute approximate surface area is 84.4 Å². The standard InChI is InChI=1S/C12H13NO/c1-9(2)8-14-12-6-11(7-13)5-4-10(12)3/h4-6H,1,8H2,2-3H3. The molecule has 0 bridgehead atoms. The molecule has 0 saturated heterocycles. The lowest BCUT2D eigenvalue weighted by Crippen LogP contribution is -1.99. The second kappa shape index (κ2) is 4.48. The number of aryl methyl sites for hydroxylation is 1. The van der Waals surface area contributed by atoms with E-state index in [1.54, 1.807) is 12.1 Å². The van der Waals surface area contributed by atoms with Crippen LogP contribution in [0, 0.1) is 18.3 Å². The van der Waals surface area contributed by atoms with Gasteiger partial charge in [0.05, 0.1) is 11.6 Å². The minimum absolute atomic E-state index is 0.496. The van der Waals surface area contributed by atoms with Crippen LogP contribution in [-0.2, 0) is 0 Å². The highest BCUT2D eigenvalue weighted by Crippen LogP contribution is 2.19. The highest BCUT2D eigenvalue weighted by Gasteiger charge is 2.00. The van der Waals surface area contributed by atoms with Crippen molar-refractivity contribution in [2.24, 2.45) is 0 Å². The van der Waals surface area contributed by atoms with E-state index in [1.165, 1.54) is 0 Å². The topological polar surface area (TPSA) is 33.0 Å². The lowest BCUT2D eigenvalue weighted by atomic mass is 10.1. The maximum absolute atomic E-state index is 8.71. The van der Waals surface area contributed by atoms with E-state index in [2.05, 4.69) is 12.6 Å². The maximum atomic E-state index is 8.71. The Bertz CT molecular complexity index is 388. The van der Waals surface area contributed by atoms with Crippen molar-refractivity contribution in [3.05, 3.63) is 41.5 Å². The summed E-state index contributed by atoms with van der Waals surface area (Å²) in [5.74, 6) is 0.757. The van der Waals surface area contributed by atoms with Gasteiger partial charge in [-0.2, -0.15) is 5.26 Å². The maximum Gasteiger partial charge on any atom is 0.124 e. The van der Waals surface area contributed by atoms with Crippen molar-refractivity contribution in [2.45, 2.75) is 13.8 Å². The minimum atomic E-state index is 0.496. The predicted octanol–water partition coefficient (Wildman–Crippen LogP) is 2.82. The third-order valence-electron chi connectivity index (χ3n) is 1.79. The second-order valence-electron chi connectivity index (χ2n) is 3.34. The van der Waals surface area contributed by atoms with Gasteiger partial charge in [-0.25, -0.2) is 0 Å². The third-order valence-corrected chi connectivity index (χ3v) is 1.79. The van der Waals surface area contributed by atoms with Crippen LogP contribution in [0.15, 0.2) is 30.4 Å². The van der Waals surface area contributed by atoms with Gasteiger partial charge >= 0.3 is 0 Å². The van der Waals surface area contributed by atoms with Crippen LogP contribution in [0.4, 0.5) is 0 Å². The van der Waals surface area contributed by atoms with Gasteiger partial charge in [-0.15, -0.1) is 0 Å². The third kappa shape index (κ3) is 2.63. The molecule has 2 heteroatoms. The Morgan fingerprint density at radius 2 is 2.29 bits per heavy atom. The summed E-state index contributed by atoms with van der Waals surface area (Å²) >= 11 is 0. The number of ether oxygens (including phenoxy) is 1. The summed E-state index contributed by atoms with van der Waals surface area (Å²) in [4.78, 5) is 0. The molecular weight excluding hydrogens is 174 g/mol. The molecule has 0 spiro atoms. The molecule has 1 aromatic carbocycles. The molecule has 0 heterocycles. The zero-order chi connectivity index (χ0) is 10.6. The fraction of sp³-hybridized carbons (Fsp3) is 0.250.